The molecule has 0 saturated carbocycles. The van der Waals surface area contributed by atoms with Crippen molar-refractivity contribution in [2.45, 2.75) is 98.3 Å². The summed E-state index contributed by atoms with van der Waals surface area (Å²) in [5.41, 5.74) is 0.311. The van der Waals surface area contributed by atoms with E-state index in [9.17, 15) is 8.78 Å². The van der Waals surface area contributed by atoms with Crippen molar-refractivity contribution in [1.82, 2.24) is 0 Å². The van der Waals surface area contributed by atoms with Crippen LogP contribution < -0.4 is 0 Å². The zero-order chi connectivity index (χ0) is 14.7. The van der Waals surface area contributed by atoms with E-state index in [2.05, 4.69) is 27.7 Å². The first-order valence-electron chi connectivity index (χ1n) is 8.22. The van der Waals surface area contributed by atoms with Gasteiger partial charge in [0.25, 0.3) is 0 Å². The maximum Gasteiger partial charge on any atom is 0.238 e. The molecule has 0 rings (SSSR count). The Morgan fingerprint density at radius 2 is 1.37 bits per heavy atom. The van der Waals surface area contributed by atoms with E-state index in [1.807, 2.05) is 0 Å². The second-order valence-electron chi connectivity index (χ2n) is 6.61. The Morgan fingerprint density at radius 1 is 0.789 bits per heavy atom. The standard InChI is InChI=1S/C17H34F2/c1-5-7-9-11-15(12-10-13-16(18)19)17(3,4)14-8-6-2/h15-16H,5-14H2,1-4H3. The summed E-state index contributed by atoms with van der Waals surface area (Å²) in [7, 11) is 0. The summed E-state index contributed by atoms with van der Waals surface area (Å²) in [5, 5.41) is 0. The van der Waals surface area contributed by atoms with Gasteiger partial charge in [0.05, 0.1) is 0 Å². The lowest BCUT2D eigenvalue weighted by Gasteiger charge is -2.35. The molecule has 0 aliphatic carbocycles. The minimum Gasteiger partial charge on any atom is -0.211 e. The molecule has 0 aromatic rings. The summed E-state index contributed by atoms with van der Waals surface area (Å²) < 4.78 is 24.6. The van der Waals surface area contributed by atoms with Crippen molar-refractivity contribution < 1.29 is 8.78 Å². The molecule has 1 atom stereocenters. The van der Waals surface area contributed by atoms with Crippen LogP contribution in [0.4, 0.5) is 8.78 Å². The molecule has 0 N–H and O–H groups in total. The summed E-state index contributed by atoms with van der Waals surface area (Å²) in [6, 6.07) is 0. The second-order valence-corrected chi connectivity index (χ2v) is 6.61. The van der Waals surface area contributed by atoms with E-state index in [1.165, 1.54) is 44.9 Å². The third kappa shape index (κ3) is 9.40. The fourth-order valence-electron chi connectivity index (χ4n) is 2.92. The molecule has 0 aromatic heterocycles. The minimum absolute atomic E-state index is 0.0775. The van der Waals surface area contributed by atoms with E-state index in [1.54, 1.807) is 0 Å². The third-order valence-electron chi connectivity index (χ3n) is 4.41. The zero-order valence-electron chi connectivity index (χ0n) is 13.5. The highest BCUT2D eigenvalue weighted by Crippen LogP contribution is 2.39. The van der Waals surface area contributed by atoms with E-state index in [0.717, 1.165) is 6.42 Å². The molecule has 0 aliphatic rings. The van der Waals surface area contributed by atoms with E-state index < -0.39 is 6.43 Å². The summed E-state index contributed by atoms with van der Waals surface area (Å²) in [6.07, 6.45) is 8.30. The highest BCUT2D eigenvalue weighted by molar-refractivity contribution is 4.78. The lowest BCUT2D eigenvalue weighted by Crippen LogP contribution is -2.24. The van der Waals surface area contributed by atoms with Crippen LogP contribution >= 0.6 is 0 Å². The van der Waals surface area contributed by atoms with Gasteiger partial charge in [0.15, 0.2) is 0 Å². The maximum atomic E-state index is 12.3. The van der Waals surface area contributed by atoms with Crippen LogP contribution in [-0.2, 0) is 0 Å². The van der Waals surface area contributed by atoms with E-state index in [4.69, 9.17) is 0 Å². The Balaban J connectivity index is 4.28. The van der Waals surface area contributed by atoms with Gasteiger partial charge in [0, 0.05) is 6.42 Å². The molecule has 0 bridgehead atoms. The monoisotopic (exact) mass is 276 g/mol. The highest BCUT2D eigenvalue weighted by Gasteiger charge is 2.28. The zero-order valence-corrected chi connectivity index (χ0v) is 13.5. The van der Waals surface area contributed by atoms with Crippen molar-refractivity contribution in [2.75, 3.05) is 0 Å². The number of rotatable bonds is 12. The predicted molar refractivity (Wildman–Crippen MR) is 80.8 cm³/mol. The van der Waals surface area contributed by atoms with Crippen molar-refractivity contribution in [3.63, 3.8) is 0 Å². The van der Waals surface area contributed by atoms with Gasteiger partial charge in [-0.3, -0.25) is 0 Å². The van der Waals surface area contributed by atoms with Crippen LogP contribution in [0.15, 0.2) is 0 Å². The molecule has 1 unspecified atom stereocenters. The van der Waals surface area contributed by atoms with Gasteiger partial charge in [-0.2, -0.15) is 0 Å². The molecule has 19 heavy (non-hydrogen) atoms. The summed E-state index contributed by atoms with van der Waals surface area (Å²) in [6.45, 7) is 9.11. The number of hydrogen-bond donors (Lipinski definition) is 0. The van der Waals surface area contributed by atoms with Crippen LogP contribution in [0.1, 0.15) is 91.9 Å². The van der Waals surface area contributed by atoms with Crippen LogP contribution in [0, 0.1) is 11.3 Å². The van der Waals surface area contributed by atoms with Gasteiger partial charge in [-0.05, 0) is 37.0 Å². The predicted octanol–water partition coefficient (Wildman–Crippen LogP) is 6.83. The maximum absolute atomic E-state index is 12.3. The van der Waals surface area contributed by atoms with Gasteiger partial charge < -0.3 is 0 Å². The second kappa shape index (κ2) is 10.6. The quantitative estimate of drug-likeness (QED) is 0.342. The number of hydrogen-bond acceptors (Lipinski definition) is 0. The van der Waals surface area contributed by atoms with Gasteiger partial charge in [0.1, 0.15) is 0 Å². The molecule has 2 heteroatoms. The average molecular weight is 276 g/mol. The lowest BCUT2D eigenvalue weighted by atomic mass is 9.71. The normalized spacial score (nSPS) is 14.1. The molecular weight excluding hydrogens is 242 g/mol. The number of unbranched alkanes of at least 4 members (excludes halogenated alkanes) is 3. The van der Waals surface area contributed by atoms with Gasteiger partial charge >= 0.3 is 0 Å². The van der Waals surface area contributed by atoms with Gasteiger partial charge in [-0.25, -0.2) is 8.78 Å². The largest absolute Gasteiger partial charge is 0.238 e. The molecule has 0 aromatic carbocycles. The van der Waals surface area contributed by atoms with Gasteiger partial charge in [-0.15, -0.1) is 0 Å². The van der Waals surface area contributed by atoms with Crippen molar-refractivity contribution in [2.24, 2.45) is 11.3 Å². The number of alkyl halides is 2. The fourth-order valence-corrected chi connectivity index (χ4v) is 2.92. The Bertz CT molecular complexity index is 199. The molecular formula is C17H34F2. The summed E-state index contributed by atoms with van der Waals surface area (Å²) in [5.74, 6) is 0.615. The molecule has 0 amide bonds. The van der Waals surface area contributed by atoms with Gasteiger partial charge in [-0.1, -0.05) is 59.8 Å². The third-order valence-corrected chi connectivity index (χ3v) is 4.41. The minimum atomic E-state index is -2.13. The van der Waals surface area contributed by atoms with Crippen LogP contribution in [-0.4, -0.2) is 6.43 Å². The highest BCUT2D eigenvalue weighted by atomic mass is 19.3. The fraction of sp³-hybridized carbons (Fsp3) is 1.00. The van der Waals surface area contributed by atoms with Gasteiger partial charge in [0.2, 0.25) is 6.43 Å². The van der Waals surface area contributed by atoms with Crippen molar-refractivity contribution in [1.29, 1.82) is 0 Å². The van der Waals surface area contributed by atoms with Crippen LogP contribution in [0.25, 0.3) is 0 Å². The Morgan fingerprint density at radius 3 is 1.89 bits per heavy atom. The first-order chi connectivity index (χ1) is 8.94. The Hall–Kier alpha value is -0.140. The molecule has 0 fully saturated rings. The summed E-state index contributed by atoms with van der Waals surface area (Å²) in [4.78, 5) is 0. The summed E-state index contributed by atoms with van der Waals surface area (Å²) >= 11 is 0. The van der Waals surface area contributed by atoms with Crippen LogP contribution in [0.3, 0.4) is 0 Å². The molecule has 0 nitrogen and oxygen atoms in total. The lowest BCUT2D eigenvalue weighted by molar-refractivity contribution is 0.116. The first kappa shape index (κ1) is 18.9. The topological polar surface area (TPSA) is 0 Å². The molecule has 0 heterocycles. The SMILES string of the molecule is CCCCCC(CCCC(F)F)C(C)(C)CCCC. The molecule has 116 valence electrons. The average Bonchev–Trinajstić information content (AvgIpc) is 2.34. The Kier molecular flexibility index (Phi) is 10.5. The first-order valence-corrected chi connectivity index (χ1v) is 8.22. The van der Waals surface area contributed by atoms with E-state index in [0.29, 0.717) is 17.8 Å². The molecule has 0 saturated heterocycles. The molecule has 0 spiro atoms. The molecule has 0 aliphatic heterocycles. The molecule has 0 radical (unpaired) electrons. The van der Waals surface area contributed by atoms with E-state index in [-0.39, 0.29) is 6.42 Å². The van der Waals surface area contributed by atoms with Crippen molar-refractivity contribution >= 4 is 0 Å². The van der Waals surface area contributed by atoms with Crippen LogP contribution in [0.2, 0.25) is 0 Å². The van der Waals surface area contributed by atoms with Crippen molar-refractivity contribution in [3.8, 4) is 0 Å². The Labute approximate surface area is 119 Å². The number of halogens is 2. The van der Waals surface area contributed by atoms with Crippen molar-refractivity contribution in [3.05, 3.63) is 0 Å². The smallest absolute Gasteiger partial charge is 0.211 e. The van der Waals surface area contributed by atoms with E-state index >= 15 is 0 Å². The van der Waals surface area contributed by atoms with Crippen LogP contribution in [0.5, 0.6) is 0 Å².